The predicted molar refractivity (Wildman–Crippen MR) is 92.4 cm³/mol. The van der Waals surface area contributed by atoms with Crippen LogP contribution in [0.25, 0.3) is 0 Å². The number of aliphatic hydroxyl groups excluding tert-OH is 1. The summed E-state index contributed by atoms with van der Waals surface area (Å²) in [6.07, 6.45) is 2.17. The fraction of sp³-hybridized carbons (Fsp3) is 0.556. The van der Waals surface area contributed by atoms with Crippen LogP contribution in [0.2, 0.25) is 0 Å². The van der Waals surface area contributed by atoms with Crippen molar-refractivity contribution >= 4 is 11.8 Å². The molecule has 1 aromatic rings. The summed E-state index contributed by atoms with van der Waals surface area (Å²) in [7, 11) is 0. The number of hydrogen-bond donors (Lipinski definition) is 2. The van der Waals surface area contributed by atoms with Crippen molar-refractivity contribution in [1.29, 1.82) is 5.26 Å². The second-order valence-electron chi connectivity index (χ2n) is 7.04. The molecule has 2 amide bonds. The molecule has 0 aliphatic carbocycles. The Labute approximate surface area is 151 Å². The van der Waals surface area contributed by atoms with Gasteiger partial charge in [0.2, 0.25) is 5.91 Å². The minimum atomic E-state index is -0.586. The summed E-state index contributed by atoms with van der Waals surface area (Å²) < 4.78 is 0. The Balaban J connectivity index is 1.83. The van der Waals surface area contributed by atoms with Gasteiger partial charge in [-0.2, -0.15) is 5.26 Å². The number of aryl methyl sites for hydroxylation is 1. The van der Waals surface area contributed by atoms with Crippen LogP contribution in [0.4, 0.5) is 0 Å². The van der Waals surface area contributed by atoms with Crippen molar-refractivity contribution in [2.45, 2.75) is 26.2 Å². The lowest BCUT2D eigenvalue weighted by atomic mass is 9.78. The maximum atomic E-state index is 12.9. The van der Waals surface area contributed by atoms with Gasteiger partial charge in [0.15, 0.2) is 0 Å². The molecule has 26 heavy (non-hydrogen) atoms. The summed E-state index contributed by atoms with van der Waals surface area (Å²) >= 11 is 0. The van der Waals surface area contributed by atoms with Gasteiger partial charge < -0.3 is 19.9 Å². The van der Waals surface area contributed by atoms with Crippen molar-refractivity contribution in [3.63, 3.8) is 0 Å². The first kappa shape index (κ1) is 18.1. The smallest absolute Gasteiger partial charge is 0.266 e. The molecule has 3 heterocycles. The third kappa shape index (κ3) is 2.99. The van der Waals surface area contributed by atoms with Gasteiger partial charge in [-0.15, -0.1) is 0 Å². The highest BCUT2D eigenvalue weighted by molar-refractivity contribution is 5.96. The number of nitriles is 1. The van der Waals surface area contributed by atoms with Crippen molar-refractivity contribution in [3.05, 3.63) is 33.2 Å². The Morgan fingerprint density at radius 2 is 2.15 bits per heavy atom. The van der Waals surface area contributed by atoms with E-state index in [9.17, 15) is 14.4 Å². The molecular weight excluding hydrogens is 336 g/mol. The molecular formula is C18H22N4O4. The summed E-state index contributed by atoms with van der Waals surface area (Å²) in [6.45, 7) is 3.29. The van der Waals surface area contributed by atoms with Gasteiger partial charge in [0.25, 0.3) is 11.5 Å². The van der Waals surface area contributed by atoms with E-state index in [1.54, 1.807) is 22.8 Å². The van der Waals surface area contributed by atoms with Gasteiger partial charge in [-0.1, -0.05) is 0 Å². The molecule has 138 valence electrons. The van der Waals surface area contributed by atoms with Crippen LogP contribution in [0.3, 0.4) is 0 Å². The van der Waals surface area contributed by atoms with Crippen LogP contribution in [0.5, 0.6) is 0 Å². The number of aliphatic hydroxyl groups is 1. The van der Waals surface area contributed by atoms with Crippen molar-refractivity contribution in [1.82, 2.24) is 14.8 Å². The Morgan fingerprint density at radius 1 is 1.38 bits per heavy atom. The number of piperidine rings is 1. The molecule has 2 saturated heterocycles. The van der Waals surface area contributed by atoms with E-state index in [0.717, 1.165) is 12.8 Å². The van der Waals surface area contributed by atoms with Crippen LogP contribution in [-0.4, -0.2) is 64.5 Å². The number of β-amino-alcohol motifs (C(OH)–C–C–N with tert-alkyl or cyclic N) is 1. The number of nitrogens with one attached hydrogen (secondary N) is 1. The number of carbonyl (C=O) groups is 2. The number of rotatable bonds is 3. The summed E-state index contributed by atoms with van der Waals surface area (Å²) in [6, 6.07) is 3.11. The average Bonchev–Trinajstić information content (AvgIpc) is 3.04. The van der Waals surface area contributed by atoms with Gasteiger partial charge in [-0.05, 0) is 32.3 Å². The van der Waals surface area contributed by atoms with E-state index in [4.69, 9.17) is 10.4 Å². The van der Waals surface area contributed by atoms with Crippen molar-refractivity contribution in [3.8, 4) is 6.07 Å². The molecule has 1 spiro atoms. The second-order valence-corrected chi connectivity index (χ2v) is 7.04. The van der Waals surface area contributed by atoms with E-state index >= 15 is 0 Å². The molecule has 0 radical (unpaired) electrons. The maximum absolute atomic E-state index is 12.9. The number of nitrogens with zero attached hydrogens (tertiary/aromatic N) is 3. The number of aromatic nitrogens is 1. The highest BCUT2D eigenvalue weighted by Gasteiger charge is 2.49. The Kier molecular flexibility index (Phi) is 4.83. The maximum Gasteiger partial charge on any atom is 0.266 e. The molecule has 1 aromatic heterocycles. The first-order chi connectivity index (χ1) is 12.4. The molecule has 0 bridgehead atoms. The first-order valence-electron chi connectivity index (χ1n) is 8.75. The number of hydrogen-bond acceptors (Lipinski definition) is 5. The lowest BCUT2D eigenvalue weighted by Crippen LogP contribution is -2.51. The number of amides is 2. The summed E-state index contributed by atoms with van der Waals surface area (Å²) in [5.74, 6) is -0.275. The number of aromatic amines is 1. The third-order valence-electron chi connectivity index (χ3n) is 5.42. The fourth-order valence-corrected chi connectivity index (χ4v) is 4.01. The molecule has 2 fully saturated rings. The standard InChI is InChI=1S/C18H22N4O4/c1-12-14(9-13(10-19)15(24)20-12)16(25)22-6-4-18(11-22)3-2-5-21(7-8-23)17(18)26/h9,23H,2-8,11H2,1H3,(H,20,24)/t18-/m0/s1. The molecule has 2 aliphatic rings. The van der Waals surface area contributed by atoms with Crippen LogP contribution < -0.4 is 5.56 Å². The molecule has 8 heteroatoms. The molecule has 0 saturated carbocycles. The minimum absolute atomic E-state index is 0.00371. The molecule has 2 aliphatic heterocycles. The fourth-order valence-electron chi connectivity index (χ4n) is 4.01. The Morgan fingerprint density at radius 3 is 2.85 bits per heavy atom. The quantitative estimate of drug-likeness (QED) is 0.789. The van der Waals surface area contributed by atoms with E-state index in [1.807, 2.05) is 0 Å². The summed E-state index contributed by atoms with van der Waals surface area (Å²) in [5.41, 5.74) is -0.500. The predicted octanol–water partition coefficient (Wildman–Crippen LogP) is 0.00200. The lowest BCUT2D eigenvalue weighted by Gasteiger charge is -2.39. The molecule has 0 aromatic carbocycles. The third-order valence-corrected chi connectivity index (χ3v) is 5.42. The van der Waals surface area contributed by atoms with E-state index in [1.165, 1.54) is 6.07 Å². The van der Waals surface area contributed by atoms with E-state index in [0.29, 0.717) is 38.3 Å². The molecule has 0 unspecified atom stereocenters. The normalized spacial score (nSPS) is 22.7. The van der Waals surface area contributed by atoms with Crippen LogP contribution in [0.15, 0.2) is 10.9 Å². The zero-order valence-electron chi connectivity index (χ0n) is 14.7. The zero-order valence-corrected chi connectivity index (χ0v) is 14.7. The SMILES string of the molecule is Cc1[nH]c(=O)c(C#N)cc1C(=O)N1CC[C@@]2(CCCN(CCO)C2=O)C1. The number of pyridine rings is 1. The zero-order chi connectivity index (χ0) is 18.9. The van der Waals surface area contributed by atoms with Crippen molar-refractivity contribution < 1.29 is 14.7 Å². The van der Waals surface area contributed by atoms with Gasteiger partial charge in [-0.25, -0.2) is 0 Å². The number of likely N-dealkylation sites (tertiary alicyclic amines) is 2. The largest absolute Gasteiger partial charge is 0.395 e. The lowest BCUT2D eigenvalue weighted by molar-refractivity contribution is -0.146. The Bertz CT molecular complexity index is 839. The average molecular weight is 358 g/mol. The molecule has 8 nitrogen and oxygen atoms in total. The second kappa shape index (κ2) is 6.92. The van der Waals surface area contributed by atoms with E-state index < -0.39 is 11.0 Å². The highest BCUT2D eigenvalue weighted by atomic mass is 16.3. The van der Waals surface area contributed by atoms with Crippen LogP contribution in [-0.2, 0) is 4.79 Å². The summed E-state index contributed by atoms with van der Waals surface area (Å²) in [4.78, 5) is 43.3. The highest BCUT2D eigenvalue weighted by Crippen LogP contribution is 2.40. The molecule has 1 atom stereocenters. The topological polar surface area (TPSA) is 118 Å². The van der Waals surface area contributed by atoms with E-state index in [2.05, 4.69) is 4.98 Å². The van der Waals surface area contributed by atoms with E-state index in [-0.39, 0.29) is 29.5 Å². The molecule has 2 N–H and O–H groups in total. The molecule has 3 rings (SSSR count). The van der Waals surface area contributed by atoms with Gasteiger partial charge in [0.05, 0.1) is 17.6 Å². The van der Waals surface area contributed by atoms with Crippen LogP contribution >= 0.6 is 0 Å². The van der Waals surface area contributed by atoms with Crippen molar-refractivity contribution in [2.75, 3.05) is 32.8 Å². The van der Waals surface area contributed by atoms with Crippen LogP contribution in [0, 0.1) is 23.7 Å². The van der Waals surface area contributed by atoms with Gasteiger partial charge in [-0.3, -0.25) is 14.4 Å². The summed E-state index contributed by atoms with van der Waals surface area (Å²) in [5, 5.41) is 18.2. The van der Waals surface area contributed by atoms with Crippen LogP contribution in [0.1, 0.15) is 40.9 Å². The number of H-pyrrole nitrogens is 1. The van der Waals surface area contributed by atoms with Gasteiger partial charge in [0.1, 0.15) is 11.6 Å². The number of carbonyl (C=O) groups excluding carboxylic acids is 2. The minimum Gasteiger partial charge on any atom is -0.395 e. The van der Waals surface area contributed by atoms with Crippen molar-refractivity contribution in [2.24, 2.45) is 5.41 Å². The van der Waals surface area contributed by atoms with Gasteiger partial charge >= 0.3 is 0 Å². The monoisotopic (exact) mass is 358 g/mol. The Hall–Kier alpha value is -2.66. The first-order valence-corrected chi connectivity index (χ1v) is 8.75. The van der Waals surface area contributed by atoms with Gasteiger partial charge in [0, 0.05) is 31.9 Å².